The highest BCUT2D eigenvalue weighted by atomic mass is 35.5. The van der Waals surface area contributed by atoms with Crippen LogP contribution in [0.2, 0.25) is 20.1 Å². The number of nitriles is 1. The first-order valence-electron chi connectivity index (χ1n) is 22.4. The van der Waals surface area contributed by atoms with E-state index in [1.807, 2.05) is 78.9 Å². The first kappa shape index (κ1) is 60.8. The molecule has 25 heteroatoms. The third-order valence-electron chi connectivity index (χ3n) is 11.1. The lowest BCUT2D eigenvalue weighted by atomic mass is 8.53. The highest BCUT2D eigenvalue weighted by Crippen LogP contribution is 2.43. The van der Waals surface area contributed by atoms with Crippen molar-refractivity contribution in [1.29, 1.82) is 5.26 Å². The van der Waals surface area contributed by atoms with Gasteiger partial charge in [0.05, 0.1) is 42.3 Å². The quantitative estimate of drug-likeness (QED) is 0.0567. The number of phenols is 2. The van der Waals surface area contributed by atoms with E-state index in [2.05, 4.69) is 62.9 Å². The molecule has 7 aromatic rings. The summed E-state index contributed by atoms with van der Waals surface area (Å²) in [5, 5.41) is 47.1. The number of rotatable bonds is 9. The van der Waals surface area contributed by atoms with Crippen molar-refractivity contribution in [2.45, 2.75) is 52.4 Å². The van der Waals surface area contributed by atoms with Crippen LogP contribution in [0.1, 0.15) is 63.8 Å². The highest BCUT2D eigenvalue weighted by molar-refractivity contribution is 8.05. The normalized spacial score (nSPS) is 11.0. The Balaban J connectivity index is 0.000000230. The summed E-state index contributed by atoms with van der Waals surface area (Å²) < 4.78 is 5.52. The summed E-state index contributed by atoms with van der Waals surface area (Å²) in [4.78, 5) is 4.48. The van der Waals surface area contributed by atoms with Crippen LogP contribution in [0.3, 0.4) is 0 Å². The number of nitrogens with zero attached hydrogens (tertiary/aromatic N) is 4. The fourth-order valence-electron chi connectivity index (χ4n) is 6.98. The first-order valence-corrected chi connectivity index (χ1v) is 24.3. The summed E-state index contributed by atoms with van der Waals surface area (Å²) in [6.45, 7) is 12.6. The van der Waals surface area contributed by atoms with Crippen LogP contribution in [-0.2, 0) is 10.8 Å². The molecule has 1 aromatic heterocycles. The van der Waals surface area contributed by atoms with Crippen LogP contribution >= 0.6 is 58.0 Å². The van der Waals surface area contributed by atoms with Gasteiger partial charge in [-0.1, -0.05) is 183 Å². The molecule has 0 aliphatic heterocycles. The summed E-state index contributed by atoms with van der Waals surface area (Å²) in [6, 6.07) is 39.1. The van der Waals surface area contributed by atoms with Crippen molar-refractivity contribution in [1.82, 2.24) is 10.1 Å². The molecular weight excluding hydrogens is 1000 g/mol. The Hall–Kier alpha value is -4.75. The smallest absolute Gasteiger partial charge is 0.262 e. The van der Waals surface area contributed by atoms with Crippen molar-refractivity contribution < 1.29 is 19.9 Å². The molecule has 0 aliphatic carbocycles. The number of hydrogen-bond acceptors (Lipinski definition) is 8. The summed E-state index contributed by atoms with van der Waals surface area (Å²) >= 11 is 29.6. The van der Waals surface area contributed by atoms with Gasteiger partial charge in [0, 0.05) is 97.2 Å². The monoisotopic (exact) mass is 1040 g/mol. The Kier molecular flexibility index (Phi) is 22.6. The SMILES string of the molecule is CC(C)(C)c1cc(-c2ccccc2)c(O)c(-c2nc(-c3c(Cl)cccc3Cl)no2)c1.CC(C)(C)c1cc(C#N)c(O)c(-c2ccccc2)c1.O/N=C(\Cl)c1c(Cl)cccc1Cl.[B]B([B])B([B])B(B([B])[B])B([B])[B]. The number of benzene rings is 6. The van der Waals surface area contributed by atoms with E-state index in [1.165, 1.54) is 0 Å². The van der Waals surface area contributed by atoms with Crippen LogP contribution in [0.25, 0.3) is 45.1 Å². The second-order valence-electron chi connectivity index (χ2n) is 18.6. The second-order valence-corrected chi connectivity index (χ2v) is 20.6. The molecule has 6 aromatic carbocycles. The lowest BCUT2D eigenvalue weighted by Gasteiger charge is -2.29. The van der Waals surface area contributed by atoms with E-state index in [0.29, 0.717) is 53.5 Å². The van der Waals surface area contributed by atoms with Crippen LogP contribution in [0.15, 0.2) is 131 Å². The molecule has 0 bridgehead atoms. The average Bonchev–Trinajstić information content (AvgIpc) is 3.81. The van der Waals surface area contributed by atoms with E-state index in [0.717, 1.165) is 22.3 Å². The number of halogens is 5. The minimum absolute atomic E-state index is 0.0571. The van der Waals surface area contributed by atoms with E-state index >= 15 is 0 Å². The molecule has 348 valence electrons. The molecular formula is C48H41B12Cl5N4O4. The summed E-state index contributed by atoms with van der Waals surface area (Å²) in [7, 11) is 37.9. The topological polar surface area (TPSA) is 136 Å². The molecule has 0 saturated carbocycles. The number of aromatic hydroxyl groups is 2. The molecule has 7 rings (SSSR count). The zero-order chi connectivity index (χ0) is 54.5. The van der Waals surface area contributed by atoms with E-state index in [-0.39, 0.29) is 39.2 Å². The largest absolute Gasteiger partial charge is 0.506 e. The van der Waals surface area contributed by atoms with E-state index in [1.54, 1.807) is 42.5 Å². The molecule has 0 spiro atoms. The fraction of sp³-hybridized carbons (Fsp3) is 0.167. The van der Waals surface area contributed by atoms with Gasteiger partial charge in [0.15, 0.2) is 5.17 Å². The lowest BCUT2D eigenvalue weighted by Crippen LogP contribution is -2.67. The van der Waals surface area contributed by atoms with Crippen LogP contribution in [0, 0.1) is 11.3 Å². The minimum Gasteiger partial charge on any atom is -0.506 e. The van der Waals surface area contributed by atoms with Gasteiger partial charge < -0.3 is 19.9 Å². The van der Waals surface area contributed by atoms with Crippen LogP contribution in [-0.4, -0.2) is 117 Å². The zero-order valence-electron chi connectivity index (χ0n) is 40.9. The molecule has 0 aliphatic rings. The van der Waals surface area contributed by atoms with E-state index in [9.17, 15) is 10.2 Å². The van der Waals surface area contributed by atoms with Crippen LogP contribution in [0.4, 0.5) is 0 Å². The first-order chi connectivity index (χ1) is 34.2. The second kappa shape index (κ2) is 27.2. The number of hydrogen-bond donors (Lipinski definition) is 3. The van der Waals surface area contributed by atoms with Crippen molar-refractivity contribution in [2.24, 2.45) is 5.16 Å². The van der Waals surface area contributed by atoms with Crippen LogP contribution < -0.4 is 0 Å². The van der Waals surface area contributed by atoms with Crippen LogP contribution in [0.5, 0.6) is 11.5 Å². The third kappa shape index (κ3) is 16.4. The van der Waals surface area contributed by atoms with E-state index < -0.39 is 31.9 Å². The number of phenolic OH excluding ortho intramolecular Hbond substituents is 2. The third-order valence-corrected chi connectivity index (χ3v) is 12.6. The molecule has 0 atom stereocenters. The molecule has 0 fully saturated rings. The maximum absolute atomic E-state index is 11.1. The van der Waals surface area contributed by atoms with Gasteiger partial charge >= 0.3 is 0 Å². The van der Waals surface area contributed by atoms with Crippen molar-refractivity contribution in [3.05, 3.63) is 164 Å². The van der Waals surface area contributed by atoms with Crippen molar-refractivity contribution in [2.75, 3.05) is 0 Å². The Morgan fingerprint density at radius 1 is 0.603 bits per heavy atom. The van der Waals surface area contributed by atoms with Gasteiger partial charge in [0.2, 0.25) is 5.82 Å². The summed E-state index contributed by atoms with van der Waals surface area (Å²) in [5.74, 6) is 0.598. The van der Waals surface area contributed by atoms with Gasteiger partial charge in [-0.3, -0.25) is 0 Å². The molecule has 0 amide bonds. The number of aromatic nitrogens is 2. The van der Waals surface area contributed by atoms with E-state index in [4.69, 9.17) is 127 Å². The van der Waals surface area contributed by atoms with Gasteiger partial charge in [-0.15, -0.1) is 0 Å². The average molecular weight is 1040 g/mol. The summed E-state index contributed by atoms with van der Waals surface area (Å²) in [6.07, 6.45) is -3.22. The van der Waals surface area contributed by atoms with Gasteiger partial charge in [-0.25, -0.2) is 0 Å². The van der Waals surface area contributed by atoms with Gasteiger partial charge in [0.1, 0.15) is 17.6 Å². The molecule has 73 heavy (non-hydrogen) atoms. The fourth-order valence-corrected chi connectivity index (χ4v) is 8.42. The maximum atomic E-state index is 11.1. The standard InChI is InChI=1S/C24H20Cl2N2O2.C17H17NO.C7H4Cl3NO.B12/c1-24(2,3)15-12-16(14-8-5-4-6-9-14)21(29)17(13-15)23-27-22(28-30-23)20-18(25)10-7-11-19(20)26;1-17(2,3)14-9-13(11-18)16(19)15(10-14)12-7-5-4-6-8-12;8-4-2-1-3-5(9)6(4)7(10)11-12;1-8(2)11(7)12(9(3)4)10(5)6/h4-13,29H,1-3H3;4-10,19H,1-3H3;1-3,12H;/b;;11-7-;. The molecule has 0 saturated heterocycles. The van der Waals surface area contributed by atoms with Gasteiger partial charge in [-0.2, -0.15) is 10.2 Å². The Morgan fingerprint density at radius 3 is 1.42 bits per heavy atom. The minimum atomic E-state index is -0.723. The predicted molar refractivity (Wildman–Crippen MR) is 318 cm³/mol. The predicted octanol–water partition coefficient (Wildman–Crippen LogP) is 10.4. The Bertz CT molecular complexity index is 2980. The zero-order valence-corrected chi connectivity index (χ0v) is 44.7. The van der Waals surface area contributed by atoms with Crippen molar-refractivity contribution >= 4 is 149 Å². The van der Waals surface area contributed by atoms with Crippen molar-refractivity contribution in [3.63, 3.8) is 0 Å². The maximum Gasteiger partial charge on any atom is 0.262 e. The molecule has 0 unspecified atom stereocenters. The molecule has 1 heterocycles. The molecule has 3 N–H and O–H groups in total. The van der Waals surface area contributed by atoms with Crippen molar-refractivity contribution in [3.8, 4) is 62.7 Å². The molecule has 8 nitrogen and oxygen atoms in total. The van der Waals surface area contributed by atoms with Gasteiger partial charge in [-0.05, 0) is 81.6 Å². The van der Waals surface area contributed by atoms with Gasteiger partial charge in [0.25, 0.3) is 5.89 Å². The highest BCUT2D eigenvalue weighted by Gasteiger charge is 2.30. The Morgan fingerprint density at radius 2 is 1.03 bits per heavy atom. The lowest BCUT2D eigenvalue weighted by molar-refractivity contribution is 0.321. The summed E-state index contributed by atoms with van der Waals surface area (Å²) in [5.41, 5.74) is 6.70. The Labute approximate surface area is 465 Å². The molecule has 14 radical (unpaired) electrons. The number of oxime groups is 1.